The summed E-state index contributed by atoms with van der Waals surface area (Å²) in [5.74, 6) is 0.921. The van der Waals surface area contributed by atoms with E-state index in [2.05, 4.69) is 14.9 Å². The van der Waals surface area contributed by atoms with Crippen LogP contribution in [0.3, 0.4) is 0 Å². The quantitative estimate of drug-likeness (QED) is 0.684. The van der Waals surface area contributed by atoms with Crippen LogP contribution in [0.5, 0.6) is 0 Å². The molecule has 0 amide bonds. The van der Waals surface area contributed by atoms with Crippen LogP contribution in [-0.4, -0.2) is 23.1 Å². The van der Waals surface area contributed by atoms with E-state index >= 15 is 0 Å². The fourth-order valence-electron chi connectivity index (χ4n) is 1.90. The fraction of sp³-hybridized carbons (Fsp3) is 0.556. The van der Waals surface area contributed by atoms with E-state index in [4.69, 9.17) is 11.6 Å². The number of hydrogen-bond donors (Lipinski definition) is 0. The first-order valence-corrected chi connectivity index (χ1v) is 4.88. The minimum absolute atomic E-state index is 0.481. The Morgan fingerprint density at radius 1 is 1.31 bits per heavy atom. The molecule has 3 rings (SSSR count). The molecule has 1 aromatic rings. The molecule has 1 aliphatic heterocycles. The lowest BCUT2D eigenvalue weighted by atomic mass is 9.97. The Labute approximate surface area is 81.7 Å². The Balaban J connectivity index is 1.78. The zero-order chi connectivity index (χ0) is 8.89. The number of anilines is 1. The Hall–Kier alpha value is -0.830. The maximum absolute atomic E-state index is 5.76. The molecule has 2 fully saturated rings. The molecule has 1 saturated carbocycles. The van der Waals surface area contributed by atoms with Gasteiger partial charge in [0.05, 0.1) is 12.4 Å². The maximum Gasteiger partial charge on any atom is 0.149 e. The van der Waals surface area contributed by atoms with Crippen molar-refractivity contribution in [2.24, 2.45) is 5.41 Å². The summed E-state index contributed by atoms with van der Waals surface area (Å²) in [4.78, 5) is 10.5. The van der Waals surface area contributed by atoms with E-state index in [1.54, 1.807) is 12.4 Å². The molecule has 0 radical (unpaired) electrons. The number of halogens is 1. The topological polar surface area (TPSA) is 29.0 Å². The van der Waals surface area contributed by atoms with Gasteiger partial charge in [-0.2, -0.15) is 0 Å². The summed E-state index contributed by atoms with van der Waals surface area (Å²) in [5, 5.41) is 0.481. The number of hydrogen-bond acceptors (Lipinski definition) is 3. The zero-order valence-corrected chi connectivity index (χ0v) is 7.96. The lowest BCUT2D eigenvalue weighted by Gasteiger charge is -2.40. The molecule has 1 spiro atoms. The van der Waals surface area contributed by atoms with E-state index in [-0.39, 0.29) is 0 Å². The summed E-state index contributed by atoms with van der Waals surface area (Å²) in [6.45, 7) is 2.28. The third kappa shape index (κ3) is 1.18. The Morgan fingerprint density at radius 2 is 2.08 bits per heavy atom. The van der Waals surface area contributed by atoms with Crippen molar-refractivity contribution >= 4 is 17.4 Å². The highest BCUT2D eigenvalue weighted by molar-refractivity contribution is 6.29. The van der Waals surface area contributed by atoms with E-state index < -0.39 is 0 Å². The van der Waals surface area contributed by atoms with Gasteiger partial charge in [-0.25, -0.2) is 4.98 Å². The van der Waals surface area contributed by atoms with Gasteiger partial charge < -0.3 is 4.90 Å². The first kappa shape index (κ1) is 7.56. The monoisotopic (exact) mass is 195 g/mol. The largest absolute Gasteiger partial charge is 0.354 e. The highest BCUT2D eigenvalue weighted by Gasteiger charge is 2.52. The van der Waals surface area contributed by atoms with Gasteiger partial charge in [0.1, 0.15) is 11.0 Å². The summed E-state index contributed by atoms with van der Waals surface area (Å²) >= 11 is 5.76. The van der Waals surface area contributed by atoms with Gasteiger partial charge in [0, 0.05) is 18.5 Å². The van der Waals surface area contributed by atoms with Crippen LogP contribution in [0.1, 0.15) is 12.8 Å². The van der Waals surface area contributed by atoms with Gasteiger partial charge in [-0.3, -0.25) is 4.98 Å². The summed E-state index contributed by atoms with van der Waals surface area (Å²) in [7, 11) is 0. The van der Waals surface area contributed by atoms with Crippen molar-refractivity contribution in [2.75, 3.05) is 18.0 Å². The lowest BCUT2D eigenvalue weighted by molar-refractivity contribution is 0.384. The van der Waals surface area contributed by atoms with E-state index in [1.807, 2.05) is 0 Å². The highest BCUT2D eigenvalue weighted by Crippen LogP contribution is 2.53. The van der Waals surface area contributed by atoms with Crippen molar-refractivity contribution in [2.45, 2.75) is 12.8 Å². The van der Waals surface area contributed by atoms with Crippen molar-refractivity contribution in [3.8, 4) is 0 Å². The average Bonchev–Trinajstić information content (AvgIpc) is 2.80. The standard InChI is InChI=1S/C9H10ClN3/c10-7-3-11-4-8(12-7)13-5-9(6-13)1-2-9/h3-4H,1-2,5-6H2. The minimum atomic E-state index is 0.481. The molecule has 2 aliphatic rings. The maximum atomic E-state index is 5.76. The third-order valence-electron chi connectivity index (χ3n) is 2.93. The molecule has 1 aromatic heterocycles. The molecule has 68 valence electrons. The molecule has 0 atom stereocenters. The van der Waals surface area contributed by atoms with Crippen LogP contribution < -0.4 is 4.90 Å². The van der Waals surface area contributed by atoms with Gasteiger partial charge in [0.15, 0.2) is 0 Å². The molecule has 1 aliphatic carbocycles. The summed E-state index contributed by atoms with van der Waals surface area (Å²) in [6.07, 6.45) is 6.12. The van der Waals surface area contributed by atoms with E-state index in [9.17, 15) is 0 Å². The smallest absolute Gasteiger partial charge is 0.149 e. The molecule has 0 unspecified atom stereocenters. The molecule has 2 heterocycles. The second-order valence-corrected chi connectivity index (χ2v) is 4.44. The van der Waals surface area contributed by atoms with Gasteiger partial charge >= 0.3 is 0 Å². The summed E-state index contributed by atoms with van der Waals surface area (Å²) in [5.41, 5.74) is 0.657. The average molecular weight is 196 g/mol. The molecule has 0 bridgehead atoms. The second kappa shape index (κ2) is 2.35. The van der Waals surface area contributed by atoms with Gasteiger partial charge in [0.2, 0.25) is 0 Å². The lowest BCUT2D eigenvalue weighted by Crippen LogP contribution is -2.48. The van der Waals surface area contributed by atoms with Gasteiger partial charge in [-0.05, 0) is 12.8 Å². The van der Waals surface area contributed by atoms with Crippen molar-refractivity contribution in [3.05, 3.63) is 17.5 Å². The van der Waals surface area contributed by atoms with E-state index in [0.29, 0.717) is 10.6 Å². The van der Waals surface area contributed by atoms with Gasteiger partial charge in [-0.1, -0.05) is 11.6 Å². The van der Waals surface area contributed by atoms with Gasteiger partial charge in [-0.15, -0.1) is 0 Å². The molecule has 0 N–H and O–H groups in total. The first-order chi connectivity index (χ1) is 6.27. The zero-order valence-electron chi connectivity index (χ0n) is 7.20. The molecular weight excluding hydrogens is 186 g/mol. The van der Waals surface area contributed by atoms with Crippen LogP contribution in [0, 0.1) is 5.41 Å². The minimum Gasteiger partial charge on any atom is -0.354 e. The highest BCUT2D eigenvalue weighted by atomic mass is 35.5. The Kier molecular flexibility index (Phi) is 1.37. The van der Waals surface area contributed by atoms with Crippen LogP contribution in [0.15, 0.2) is 12.4 Å². The van der Waals surface area contributed by atoms with Gasteiger partial charge in [0.25, 0.3) is 0 Å². The predicted molar refractivity (Wildman–Crippen MR) is 50.9 cm³/mol. The van der Waals surface area contributed by atoms with Crippen molar-refractivity contribution in [1.82, 2.24) is 9.97 Å². The molecule has 0 aromatic carbocycles. The summed E-state index contributed by atoms with van der Waals surface area (Å²) in [6, 6.07) is 0. The van der Waals surface area contributed by atoms with Crippen LogP contribution in [0.2, 0.25) is 5.15 Å². The fourth-order valence-corrected chi connectivity index (χ4v) is 2.05. The van der Waals surface area contributed by atoms with Crippen LogP contribution in [0.4, 0.5) is 5.82 Å². The van der Waals surface area contributed by atoms with Crippen molar-refractivity contribution < 1.29 is 0 Å². The molecule has 3 nitrogen and oxygen atoms in total. The molecule has 4 heteroatoms. The second-order valence-electron chi connectivity index (χ2n) is 4.06. The third-order valence-corrected chi connectivity index (χ3v) is 3.11. The van der Waals surface area contributed by atoms with Crippen LogP contribution >= 0.6 is 11.6 Å². The molecular formula is C9H10ClN3. The number of nitrogens with zero attached hydrogens (tertiary/aromatic N) is 3. The van der Waals surface area contributed by atoms with Crippen molar-refractivity contribution in [1.29, 1.82) is 0 Å². The normalized spacial score (nSPS) is 23.0. The Morgan fingerprint density at radius 3 is 2.69 bits per heavy atom. The van der Waals surface area contributed by atoms with E-state index in [0.717, 1.165) is 18.9 Å². The van der Waals surface area contributed by atoms with Crippen LogP contribution in [0.25, 0.3) is 0 Å². The van der Waals surface area contributed by atoms with Crippen LogP contribution in [-0.2, 0) is 0 Å². The van der Waals surface area contributed by atoms with E-state index in [1.165, 1.54) is 12.8 Å². The number of aromatic nitrogens is 2. The number of rotatable bonds is 1. The summed E-state index contributed by atoms with van der Waals surface area (Å²) < 4.78 is 0. The Bertz CT molecular complexity index is 340. The SMILES string of the molecule is Clc1cncc(N2CC3(CC3)C2)n1. The molecule has 13 heavy (non-hydrogen) atoms. The van der Waals surface area contributed by atoms with Crippen molar-refractivity contribution in [3.63, 3.8) is 0 Å². The predicted octanol–water partition coefficient (Wildman–Crippen LogP) is 1.73. The first-order valence-electron chi connectivity index (χ1n) is 4.50. The molecule has 1 saturated heterocycles.